The highest BCUT2D eigenvalue weighted by Gasteiger charge is 2.52. The molecule has 2 aliphatic rings. The van der Waals surface area contributed by atoms with E-state index in [9.17, 15) is 0 Å². The molecule has 0 aliphatic heterocycles. The summed E-state index contributed by atoms with van der Waals surface area (Å²) in [6.07, 6.45) is 0. The van der Waals surface area contributed by atoms with E-state index in [1.807, 2.05) is 0 Å². The molecule has 0 radical (unpaired) electrons. The molecule has 0 saturated heterocycles. The Hall–Kier alpha value is -4.16. The molecule has 0 N–H and O–H groups in total. The van der Waals surface area contributed by atoms with Crippen molar-refractivity contribution in [3.8, 4) is 22.3 Å². The van der Waals surface area contributed by atoms with Crippen molar-refractivity contribution >= 4 is 21.5 Å². The van der Waals surface area contributed by atoms with Crippen molar-refractivity contribution < 1.29 is 0 Å². The number of rotatable bonds is 0. The number of benzene rings is 6. The lowest BCUT2D eigenvalue weighted by molar-refractivity contribution is 0.794. The smallest absolute Gasteiger partial charge is 0.0619 e. The second-order valence-electron chi connectivity index (χ2n) is 10.2. The highest BCUT2D eigenvalue weighted by Crippen LogP contribution is 2.64. The van der Waals surface area contributed by atoms with Crippen LogP contribution in [0, 0.1) is 13.8 Å². The van der Waals surface area contributed by atoms with E-state index >= 15 is 0 Å². The predicted octanol–water partition coefficient (Wildman–Crippen LogP) is 8.95. The quantitative estimate of drug-likeness (QED) is 0.219. The Morgan fingerprint density at radius 3 is 2.09 bits per heavy atom. The van der Waals surface area contributed by atoms with E-state index in [1.165, 1.54) is 77.2 Å². The van der Waals surface area contributed by atoms with Gasteiger partial charge in [0.25, 0.3) is 0 Å². The molecular formula is C35H24. The molecule has 1 spiro atoms. The van der Waals surface area contributed by atoms with Gasteiger partial charge in [0.1, 0.15) is 0 Å². The highest BCUT2D eigenvalue weighted by atomic mass is 14.5. The van der Waals surface area contributed by atoms with E-state index in [0.717, 1.165) is 0 Å². The van der Waals surface area contributed by atoms with Crippen LogP contribution in [0.25, 0.3) is 43.8 Å². The van der Waals surface area contributed by atoms with Crippen LogP contribution in [0.3, 0.4) is 0 Å². The van der Waals surface area contributed by atoms with Gasteiger partial charge in [-0.1, -0.05) is 115 Å². The molecule has 1 atom stereocenters. The average Bonchev–Trinajstić information content (AvgIpc) is 3.36. The first-order valence-electron chi connectivity index (χ1n) is 12.5. The largest absolute Gasteiger partial charge is 0.0726 e. The monoisotopic (exact) mass is 444 g/mol. The molecule has 0 bridgehead atoms. The summed E-state index contributed by atoms with van der Waals surface area (Å²) < 4.78 is 0. The van der Waals surface area contributed by atoms with Crippen LogP contribution in [0.1, 0.15) is 33.4 Å². The normalized spacial score (nSPS) is 17.0. The predicted molar refractivity (Wildman–Crippen MR) is 147 cm³/mol. The van der Waals surface area contributed by atoms with Gasteiger partial charge in [0.15, 0.2) is 0 Å². The third-order valence-corrected chi connectivity index (χ3v) is 8.47. The highest BCUT2D eigenvalue weighted by molar-refractivity contribution is 6.10. The minimum Gasteiger partial charge on any atom is -0.0619 e. The van der Waals surface area contributed by atoms with Crippen molar-refractivity contribution in [1.82, 2.24) is 0 Å². The molecule has 0 saturated carbocycles. The van der Waals surface area contributed by atoms with Crippen LogP contribution in [0.4, 0.5) is 0 Å². The second kappa shape index (κ2) is 6.49. The molecule has 0 heteroatoms. The number of aryl methyl sites for hydroxylation is 2. The molecule has 6 aromatic rings. The van der Waals surface area contributed by atoms with Crippen LogP contribution in [0.5, 0.6) is 0 Å². The maximum Gasteiger partial charge on any atom is 0.0726 e. The van der Waals surface area contributed by atoms with Gasteiger partial charge in [0.05, 0.1) is 5.41 Å². The topological polar surface area (TPSA) is 0 Å². The van der Waals surface area contributed by atoms with Gasteiger partial charge in [-0.05, 0) is 85.5 Å². The van der Waals surface area contributed by atoms with Crippen LogP contribution < -0.4 is 0 Å². The fourth-order valence-corrected chi connectivity index (χ4v) is 7.08. The third-order valence-electron chi connectivity index (χ3n) is 8.47. The van der Waals surface area contributed by atoms with E-state index in [1.54, 1.807) is 0 Å². The third kappa shape index (κ3) is 2.19. The van der Waals surface area contributed by atoms with Crippen LogP contribution in [-0.4, -0.2) is 0 Å². The second-order valence-corrected chi connectivity index (χ2v) is 10.2. The Labute approximate surface area is 205 Å². The minimum atomic E-state index is -0.301. The lowest BCUT2D eigenvalue weighted by Gasteiger charge is -2.31. The Morgan fingerprint density at radius 1 is 0.457 bits per heavy atom. The van der Waals surface area contributed by atoms with Crippen molar-refractivity contribution in [3.05, 3.63) is 143 Å². The fourth-order valence-electron chi connectivity index (χ4n) is 7.08. The minimum absolute atomic E-state index is 0.301. The van der Waals surface area contributed by atoms with Crippen LogP contribution in [-0.2, 0) is 5.41 Å². The zero-order valence-corrected chi connectivity index (χ0v) is 19.9. The number of hydrogen-bond donors (Lipinski definition) is 0. The van der Waals surface area contributed by atoms with E-state index in [4.69, 9.17) is 0 Å². The van der Waals surface area contributed by atoms with E-state index in [2.05, 4.69) is 123 Å². The molecule has 0 heterocycles. The molecule has 6 aromatic carbocycles. The summed E-state index contributed by atoms with van der Waals surface area (Å²) in [6.45, 7) is 4.45. The van der Waals surface area contributed by atoms with Crippen LogP contribution in [0.2, 0.25) is 0 Å². The van der Waals surface area contributed by atoms with Gasteiger partial charge in [0.2, 0.25) is 0 Å². The Morgan fingerprint density at radius 2 is 1.17 bits per heavy atom. The molecule has 35 heavy (non-hydrogen) atoms. The van der Waals surface area contributed by atoms with Gasteiger partial charge >= 0.3 is 0 Å². The lowest BCUT2D eigenvalue weighted by Crippen LogP contribution is -2.26. The summed E-state index contributed by atoms with van der Waals surface area (Å²) in [5.41, 5.74) is 13.5. The zero-order valence-electron chi connectivity index (χ0n) is 19.9. The SMILES string of the molecule is Cc1ccc2c(c1)C1(c3ccccc3-c3c1ccc1c(C)cccc31)c1ccc3ccccc3c1-2. The summed E-state index contributed by atoms with van der Waals surface area (Å²) in [5.74, 6) is 0. The van der Waals surface area contributed by atoms with Gasteiger partial charge in [0, 0.05) is 0 Å². The van der Waals surface area contributed by atoms with E-state index < -0.39 is 0 Å². The summed E-state index contributed by atoms with van der Waals surface area (Å²) in [5, 5.41) is 5.35. The molecule has 164 valence electrons. The Kier molecular flexibility index (Phi) is 3.56. The standard InChI is InChI=1S/C35H24/c1-21-14-16-28-32(20-21)35(30-18-15-23-9-3-4-10-25(23)33(28)30)29-13-6-5-11-27(29)34-26-12-7-8-22(2)24(26)17-19-31(34)35/h3-20H,1-2H3. The van der Waals surface area contributed by atoms with Gasteiger partial charge in [-0.2, -0.15) is 0 Å². The fraction of sp³-hybridized carbons (Fsp3) is 0.0857. The molecule has 8 rings (SSSR count). The maximum atomic E-state index is 2.44. The first-order chi connectivity index (χ1) is 17.2. The molecule has 0 amide bonds. The molecule has 0 fully saturated rings. The molecular weight excluding hydrogens is 420 g/mol. The summed E-state index contributed by atoms with van der Waals surface area (Å²) >= 11 is 0. The van der Waals surface area contributed by atoms with Gasteiger partial charge in [-0.25, -0.2) is 0 Å². The molecule has 2 aliphatic carbocycles. The maximum absolute atomic E-state index is 2.44. The zero-order chi connectivity index (χ0) is 23.3. The number of fused-ring (bicyclic) bond motifs is 14. The Balaban J connectivity index is 1.64. The summed E-state index contributed by atoms with van der Waals surface area (Å²) in [7, 11) is 0. The molecule has 0 aromatic heterocycles. The molecule has 1 unspecified atom stereocenters. The van der Waals surface area contributed by atoms with Crippen molar-refractivity contribution in [2.45, 2.75) is 19.3 Å². The van der Waals surface area contributed by atoms with Crippen LogP contribution >= 0.6 is 0 Å². The van der Waals surface area contributed by atoms with Crippen molar-refractivity contribution in [2.75, 3.05) is 0 Å². The van der Waals surface area contributed by atoms with Crippen molar-refractivity contribution in [2.24, 2.45) is 0 Å². The summed E-state index contributed by atoms with van der Waals surface area (Å²) in [6, 6.07) is 41.3. The van der Waals surface area contributed by atoms with Gasteiger partial charge < -0.3 is 0 Å². The lowest BCUT2D eigenvalue weighted by atomic mass is 9.70. The van der Waals surface area contributed by atoms with Crippen molar-refractivity contribution in [1.29, 1.82) is 0 Å². The Bertz CT molecular complexity index is 1870. The first kappa shape index (κ1) is 19.2. The van der Waals surface area contributed by atoms with Gasteiger partial charge in [-0.15, -0.1) is 0 Å². The first-order valence-corrected chi connectivity index (χ1v) is 12.5. The van der Waals surface area contributed by atoms with E-state index in [0.29, 0.717) is 0 Å². The number of hydrogen-bond acceptors (Lipinski definition) is 0. The van der Waals surface area contributed by atoms with Crippen LogP contribution in [0.15, 0.2) is 109 Å². The summed E-state index contributed by atoms with van der Waals surface area (Å²) in [4.78, 5) is 0. The molecule has 0 nitrogen and oxygen atoms in total. The van der Waals surface area contributed by atoms with Gasteiger partial charge in [-0.3, -0.25) is 0 Å². The van der Waals surface area contributed by atoms with Crippen molar-refractivity contribution in [3.63, 3.8) is 0 Å². The average molecular weight is 445 g/mol. The van der Waals surface area contributed by atoms with E-state index in [-0.39, 0.29) is 5.41 Å².